The summed E-state index contributed by atoms with van der Waals surface area (Å²) in [6, 6.07) is 12.5. The maximum Gasteiger partial charge on any atom is 0.228 e. The largest absolute Gasteiger partial charge is 0.379 e. The summed E-state index contributed by atoms with van der Waals surface area (Å²) >= 11 is 0. The van der Waals surface area contributed by atoms with Crippen molar-refractivity contribution in [3.8, 4) is 22.5 Å². The molecule has 0 saturated carbocycles. The summed E-state index contributed by atoms with van der Waals surface area (Å²) in [7, 11) is 2.12. The van der Waals surface area contributed by atoms with Gasteiger partial charge in [0.15, 0.2) is 5.82 Å². The van der Waals surface area contributed by atoms with Crippen molar-refractivity contribution < 1.29 is 4.74 Å². The Labute approximate surface area is 205 Å². The van der Waals surface area contributed by atoms with Crippen molar-refractivity contribution >= 4 is 11.8 Å². The highest BCUT2D eigenvalue weighted by Gasteiger charge is 2.29. The zero-order chi connectivity index (χ0) is 23.8. The van der Waals surface area contributed by atoms with E-state index >= 15 is 0 Å². The molecule has 8 heteroatoms. The van der Waals surface area contributed by atoms with E-state index in [9.17, 15) is 0 Å². The first-order chi connectivity index (χ1) is 17.2. The van der Waals surface area contributed by atoms with E-state index in [1.807, 2.05) is 23.1 Å². The Balaban J connectivity index is 1.26. The number of fused-ring (bicyclic) bond motifs is 3. The second kappa shape index (κ2) is 9.28. The van der Waals surface area contributed by atoms with E-state index in [-0.39, 0.29) is 0 Å². The highest BCUT2D eigenvalue weighted by molar-refractivity contribution is 5.86. The van der Waals surface area contributed by atoms with Crippen LogP contribution in [0.5, 0.6) is 0 Å². The Hall–Kier alpha value is -3.49. The van der Waals surface area contributed by atoms with Crippen LogP contribution < -0.4 is 5.32 Å². The Bertz CT molecular complexity index is 1320. The molecule has 1 atom stereocenters. The lowest BCUT2D eigenvalue weighted by Crippen LogP contribution is -2.38. The monoisotopic (exact) mass is 469 g/mol. The molecule has 0 radical (unpaired) electrons. The zero-order valence-corrected chi connectivity index (χ0v) is 20.3. The highest BCUT2D eigenvalue weighted by Crippen LogP contribution is 2.44. The minimum atomic E-state index is 0.372. The van der Waals surface area contributed by atoms with Gasteiger partial charge in [-0.3, -0.25) is 9.58 Å². The molecule has 1 N–H and O–H groups in total. The first kappa shape index (κ1) is 22.0. The smallest absolute Gasteiger partial charge is 0.228 e. The molecule has 0 amide bonds. The van der Waals surface area contributed by atoms with Crippen LogP contribution in [0.2, 0.25) is 0 Å². The van der Waals surface area contributed by atoms with Gasteiger partial charge in [-0.1, -0.05) is 37.3 Å². The summed E-state index contributed by atoms with van der Waals surface area (Å²) in [4.78, 5) is 12.1. The lowest BCUT2D eigenvalue weighted by molar-refractivity contribution is 0.0360. The van der Waals surface area contributed by atoms with Gasteiger partial charge in [0.05, 0.1) is 31.1 Å². The molecule has 1 fully saturated rings. The average Bonchev–Trinajstić information content (AvgIpc) is 3.47. The van der Waals surface area contributed by atoms with Crippen molar-refractivity contribution in [1.82, 2.24) is 29.2 Å². The molecular formula is C27H31N7O. The molecule has 0 bridgehead atoms. The number of rotatable bonds is 6. The SMILES string of the molecule is C[C@@H]1Cc2cn(C)c(-c3ccccc3)c2-c2nc(Nc3ccn(CCN4CCOCC4)n3)ncc21. The number of morpholine rings is 1. The van der Waals surface area contributed by atoms with E-state index < -0.39 is 0 Å². The van der Waals surface area contributed by atoms with E-state index in [1.54, 1.807) is 0 Å². The van der Waals surface area contributed by atoms with Crippen LogP contribution in [-0.4, -0.2) is 62.1 Å². The normalized spacial score (nSPS) is 17.7. The molecule has 6 rings (SSSR count). The summed E-state index contributed by atoms with van der Waals surface area (Å²) in [5.74, 6) is 1.70. The first-order valence-corrected chi connectivity index (χ1v) is 12.4. The Kier molecular flexibility index (Phi) is 5.83. The number of aryl methyl sites for hydroxylation is 1. The third-order valence-corrected chi connectivity index (χ3v) is 7.05. The van der Waals surface area contributed by atoms with Crippen LogP contribution >= 0.6 is 0 Å². The highest BCUT2D eigenvalue weighted by atomic mass is 16.5. The maximum atomic E-state index is 5.43. The molecule has 4 heterocycles. The second-order valence-electron chi connectivity index (χ2n) is 9.50. The predicted molar refractivity (Wildman–Crippen MR) is 137 cm³/mol. The second-order valence-corrected chi connectivity index (χ2v) is 9.50. The zero-order valence-electron chi connectivity index (χ0n) is 20.3. The van der Waals surface area contributed by atoms with E-state index in [4.69, 9.17) is 14.8 Å². The van der Waals surface area contributed by atoms with Crippen molar-refractivity contribution in [3.63, 3.8) is 0 Å². The van der Waals surface area contributed by atoms with Gasteiger partial charge in [-0.25, -0.2) is 9.97 Å². The fraction of sp³-hybridized carbons (Fsp3) is 0.370. The average molecular weight is 470 g/mol. The molecule has 8 nitrogen and oxygen atoms in total. The minimum absolute atomic E-state index is 0.372. The predicted octanol–water partition coefficient (Wildman–Crippen LogP) is 4.08. The third-order valence-electron chi connectivity index (χ3n) is 7.05. The van der Waals surface area contributed by atoms with Crippen molar-refractivity contribution in [2.45, 2.75) is 25.8 Å². The van der Waals surface area contributed by atoms with Crippen LogP contribution in [0.15, 0.2) is 55.0 Å². The van der Waals surface area contributed by atoms with Crippen molar-refractivity contribution in [1.29, 1.82) is 0 Å². The molecule has 35 heavy (non-hydrogen) atoms. The summed E-state index contributed by atoms with van der Waals surface area (Å²) in [5, 5.41) is 8.02. The summed E-state index contributed by atoms with van der Waals surface area (Å²) in [6.45, 7) is 7.67. The Morgan fingerprint density at radius 2 is 1.91 bits per heavy atom. The summed E-state index contributed by atoms with van der Waals surface area (Å²) in [5.41, 5.74) is 7.16. The van der Waals surface area contributed by atoms with E-state index in [0.29, 0.717) is 11.9 Å². The van der Waals surface area contributed by atoms with Crippen LogP contribution in [-0.2, 0) is 24.8 Å². The van der Waals surface area contributed by atoms with Crippen LogP contribution in [0.25, 0.3) is 22.5 Å². The molecule has 3 aromatic heterocycles. The van der Waals surface area contributed by atoms with Crippen LogP contribution in [0.1, 0.15) is 24.0 Å². The standard InChI is InChI=1S/C27H31N7O/c1-19-16-21-18-32(2)26(20-6-4-3-5-7-20)24(21)25-22(19)17-28-27(30-25)29-23-8-9-34(31-23)11-10-33-12-14-35-15-13-33/h3-9,17-19H,10-16H2,1-2H3,(H,28,29,30,31)/t19-/m1/s1. The Morgan fingerprint density at radius 3 is 2.74 bits per heavy atom. The summed E-state index contributed by atoms with van der Waals surface area (Å²) < 4.78 is 9.64. The third kappa shape index (κ3) is 4.35. The lowest BCUT2D eigenvalue weighted by atomic mass is 9.83. The number of ether oxygens (including phenoxy) is 1. The van der Waals surface area contributed by atoms with Gasteiger partial charge in [0.1, 0.15) is 0 Å². The molecule has 2 aliphatic rings. The van der Waals surface area contributed by atoms with Crippen LogP contribution in [0, 0.1) is 0 Å². The molecule has 1 saturated heterocycles. The molecule has 0 unspecified atom stereocenters. The molecule has 0 spiro atoms. The number of benzene rings is 1. The number of hydrogen-bond donors (Lipinski definition) is 1. The van der Waals surface area contributed by atoms with Gasteiger partial charge >= 0.3 is 0 Å². The molecule has 1 aromatic carbocycles. The summed E-state index contributed by atoms with van der Waals surface area (Å²) in [6.07, 6.45) is 7.23. The molecular weight excluding hydrogens is 438 g/mol. The fourth-order valence-electron chi connectivity index (χ4n) is 5.24. The maximum absolute atomic E-state index is 5.43. The van der Waals surface area contributed by atoms with Crippen molar-refractivity contribution in [2.24, 2.45) is 7.05 Å². The van der Waals surface area contributed by atoms with Crippen LogP contribution in [0.4, 0.5) is 11.8 Å². The molecule has 1 aliphatic carbocycles. The topological polar surface area (TPSA) is 73.0 Å². The lowest BCUT2D eigenvalue weighted by Gasteiger charge is -2.26. The Morgan fingerprint density at radius 1 is 1.09 bits per heavy atom. The van der Waals surface area contributed by atoms with E-state index in [0.717, 1.165) is 57.3 Å². The number of nitrogens with one attached hydrogen (secondary N) is 1. The van der Waals surface area contributed by atoms with Crippen LogP contribution in [0.3, 0.4) is 0 Å². The van der Waals surface area contributed by atoms with Gasteiger partial charge in [-0.2, -0.15) is 5.10 Å². The van der Waals surface area contributed by atoms with Gasteiger partial charge in [-0.05, 0) is 23.5 Å². The number of nitrogens with zero attached hydrogens (tertiary/aromatic N) is 6. The van der Waals surface area contributed by atoms with Crippen molar-refractivity contribution in [3.05, 3.63) is 66.1 Å². The van der Waals surface area contributed by atoms with Gasteiger partial charge in [0.25, 0.3) is 0 Å². The van der Waals surface area contributed by atoms with E-state index in [1.165, 1.54) is 27.9 Å². The van der Waals surface area contributed by atoms with Crippen molar-refractivity contribution in [2.75, 3.05) is 38.2 Å². The van der Waals surface area contributed by atoms with Gasteiger partial charge in [0.2, 0.25) is 5.95 Å². The molecule has 4 aromatic rings. The van der Waals surface area contributed by atoms with E-state index in [2.05, 4.69) is 70.3 Å². The van der Waals surface area contributed by atoms with Gasteiger partial charge in [0, 0.05) is 62.5 Å². The van der Waals surface area contributed by atoms with Gasteiger partial charge in [-0.15, -0.1) is 0 Å². The molecule has 180 valence electrons. The minimum Gasteiger partial charge on any atom is -0.379 e. The molecule has 1 aliphatic heterocycles. The quantitative estimate of drug-likeness (QED) is 0.459. The number of anilines is 2. The fourth-order valence-corrected chi connectivity index (χ4v) is 5.24. The number of aromatic nitrogens is 5. The first-order valence-electron chi connectivity index (χ1n) is 12.4. The number of hydrogen-bond acceptors (Lipinski definition) is 6. The van der Waals surface area contributed by atoms with Gasteiger partial charge < -0.3 is 14.6 Å².